The van der Waals surface area contributed by atoms with Crippen molar-refractivity contribution in [3.05, 3.63) is 44.4 Å². The van der Waals surface area contributed by atoms with Gasteiger partial charge in [-0.25, -0.2) is 4.79 Å². The van der Waals surface area contributed by atoms with Gasteiger partial charge in [0.2, 0.25) is 0 Å². The second kappa shape index (κ2) is 7.58. The highest BCUT2D eigenvalue weighted by molar-refractivity contribution is 9.10. The minimum Gasteiger partial charge on any atom is -0.487 e. The molecule has 1 aromatic rings. The number of hydrogen-bond donors (Lipinski definition) is 1. The third-order valence-corrected chi connectivity index (χ3v) is 3.20. The van der Waals surface area contributed by atoms with Gasteiger partial charge in [0, 0.05) is 21.6 Å². The Labute approximate surface area is 129 Å². The molecule has 0 saturated heterocycles. The molecular weight excluding hydrogens is 355 g/mol. The minimum absolute atomic E-state index is 0.126. The number of ether oxygens (including phenoxy) is 1. The first-order valence-corrected chi connectivity index (χ1v) is 6.83. The zero-order chi connectivity index (χ0) is 14.4. The van der Waals surface area contributed by atoms with Crippen molar-refractivity contribution in [3.63, 3.8) is 0 Å². The largest absolute Gasteiger partial charge is 0.487 e. The summed E-state index contributed by atoms with van der Waals surface area (Å²) >= 11 is 14.6. The lowest BCUT2D eigenvalue weighted by Gasteiger charge is -2.12. The Hall–Kier alpha value is -0.970. The van der Waals surface area contributed by atoms with E-state index >= 15 is 0 Å². The Kier molecular flexibility index (Phi) is 6.42. The van der Waals surface area contributed by atoms with Gasteiger partial charge in [0.05, 0.1) is 5.03 Å². The van der Waals surface area contributed by atoms with Gasteiger partial charge in [-0.2, -0.15) is 0 Å². The summed E-state index contributed by atoms with van der Waals surface area (Å²) in [7, 11) is 0. The quantitative estimate of drug-likeness (QED) is 0.778. The highest BCUT2D eigenvalue weighted by atomic mass is 79.9. The van der Waals surface area contributed by atoms with E-state index in [0.717, 1.165) is 16.1 Å². The Morgan fingerprint density at radius 3 is 2.79 bits per heavy atom. The van der Waals surface area contributed by atoms with E-state index in [1.807, 2.05) is 13.0 Å². The minimum atomic E-state index is -1.03. The number of rotatable bonds is 5. The molecule has 19 heavy (non-hydrogen) atoms. The molecule has 6 heteroatoms. The van der Waals surface area contributed by atoms with Gasteiger partial charge in [0.15, 0.2) is 0 Å². The van der Waals surface area contributed by atoms with Crippen LogP contribution >= 0.6 is 39.1 Å². The standard InChI is InChI=1S/C13H11BrCl2O3/c1-8-4-10(14)5-9(2-3-12(17)18)13(8)19-7-11(16)6-15/h2-6H,7H2,1H3,(H,17,18)/b3-2+,11-6-. The number of hydrogen-bond acceptors (Lipinski definition) is 2. The van der Waals surface area contributed by atoms with Gasteiger partial charge in [-0.3, -0.25) is 0 Å². The number of benzene rings is 1. The molecule has 1 rings (SSSR count). The predicted molar refractivity (Wildman–Crippen MR) is 80.8 cm³/mol. The number of halogens is 3. The summed E-state index contributed by atoms with van der Waals surface area (Å²) in [5.74, 6) is -0.459. The maximum absolute atomic E-state index is 10.6. The van der Waals surface area contributed by atoms with Crippen molar-refractivity contribution < 1.29 is 14.6 Å². The van der Waals surface area contributed by atoms with Crippen LogP contribution in [-0.2, 0) is 4.79 Å². The smallest absolute Gasteiger partial charge is 0.328 e. The zero-order valence-corrected chi connectivity index (χ0v) is 13.1. The van der Waals surface area contributed by atoms with E-state index in [9.17, 15) is 4.79 Å². The predicted octanol–water partition coefficient (Wildman–Crippen LogP) is 4.55. The van der Waals surface area contributed by atoms with Crippen LogP contribution in [-0.4, -0.2) is 17.7 Å². The first-order valence-electron chi connectivity index (χ1n) is 5.22. The van der Waals surface area contributed by atoms with Crippen LogP contribution in [0.5, 0.6) is 5.75 Å². The number of carboxylic acid groups (broad SMARTS) is 1. The summed E-state index contributed by atoms with van der Waals surface area (Å²) < 4.78 is 6.39. The van der Waals surface area contributed by atoms with Crippen LogP contribution in [0.3, 0.4) is 0 Å². The van der Waals surface area contributed by atoms with E-state index in [2.05, 4.69) is 15.9 Å². The summed E-state index contributed by atoms with van der Waals surface area (Å²) in [5.41, 5.74) is 2.73. The number of carbonyl (C=O) groups is 1. The first kappa shape index (κ1) is 16.1. The maximum atomic E-state index is 10.6. The molecule has 0 spiro atoms. The summed E-state index contributed by atoms with van der Waals surface area (Å²) in [5, 5.41) is 9.03. The van der Waals surface area contributed by atoms with Crippen LogP contribution in [0.15, 0.2) is 33.2 Å². The van der Waals surface area contributed by atoms with Crippen LogP contribution in [0, 0.1) is 6.92 Å². The van der Waals surface area contributed by atoms with Crippen LogP contribution < -0.4 is 4.74 Å². The summed E-state index contributed by atoms with van der Waals surface area (Å²) in [4.78, 5) is 10.6. The van der Waals surface area contributed by atoms with Crippen molar-refractivity contribution in [1.29, 1.82) is 0 Å². The van der Waals surface area contributed by atoms with Crippen molar-refractivity contribution in [2.45, 2.75) is 6.92 Å². The van der Waals surface area contributed by atoms with E-state index in [1.165, 1.54) is 11.6 Å². The topological polar surface area (TPSA) is 46.5 Å². The molecule has 0 amide bonds. The average Bonchev–Trinajstić information content (AvgIpc) is 2.34. The van der Waals surface area contributed by atoms with Gasteiger partial charge in [-0.1, -0.05) is 39.1 Å². The zero-order valence-electron chi connectivity index (χ0n) is 9.99. The lowest BCUT2D eigenvalue weighted by Crippen LogP contribution is -2.01. The third-order valence-electron chi connectivity index (χ3n) is 2.15. The molecule has 0 aliphatic rings. The highest BCUT2D eigenvalue weighted by Gasteiger charge is 2.08. The van der Waals surface area contributed by atoms with Gasteiger partial charge >= 0.3 is 5.97 Å². The van der Waals surface area contributed by atoms with E-state index in [-0.39, 0.29) is 6.61 Å². The van der Waals surface area contributed by atoms with Crippen molar-refractivity contribution >= 4 is 51.2 Å². The molecule has 0 unspecified atom stereocenters. The Morgan fingerprint density at radius 2 is 2.21 bits per heavy atom. The fraction of sp³-hybridized carbons (Fsp3) is 0.154. The van der Waals surface area contributed by atoms with Gasteiger partial charge < -0.3 is 9.84 Å². The lowest BCUT2D eigenvalue weighted by molar-refractivity contribution is -0.131. The molecule has 1 N–H and O–H groups in total. The van der Waals surface area contributed by atoms with Crippen LogP contribution in [0.4, 0.5) is 0 Å². The molecule has 0 saturated carbocycles. The number of aryl methyl sites for hydroxylation is 1. The number of aliphatic carboxylic acids is 1. The molecule has 1 aromatic carbocycles. The summed E-state index contributed by atoms with van der Waals surface area (Å²) in [6.07, 6.45) is 2.51. The van der Waals surface area contributed by atoms with Crippen LogP contribution in [0.1, 0.15) is 11.1 Å². The second-order valence-corrected chi connectivity index (χ2v) is 5.28. The molecule has 0 heterocycles. The van der Waals surface area contributed by atoms with Gasteiger partial charge in [-0.05, 0) is 30.7 Å². The normalized spacial score (nSPS) is 11.9. The molecule has 0 atom stereocenters. The molecular formula is C13H11BrCl2O3. The second-order valence-electron chi connectivity index (χ2n) is 3.66. The molecule has 3 nitrogen and oxygen atoms in total. The Morgan fingerprint density at radius 1 is 1.53 bits per heavy atom. The molecule has 0 radical (unpaired) electrons. The SMILES string of the molecule is Cc1cc(Br)cc(/C=C/C(=O)O)c1OC/C(Cl)=C/Cl. The fourth-order valence-corrected chi connectivity index (χ4v) is 2.12. The first-order chi connectivity index (χ1) is 8.93. The molecule has 0 aliphatic heterocycles. The van der Waals surface area contributed by atoms with E-state index < -0.39 is 5.97 Å². The number of carboxylic acids is 1. The summed E-state index contributed by atoms with van der Waals surface area (Å²) in [6.45, 7) is 1.98. The lowest BCUT2D eigenvalue weighted by atomic mass is 10.1. The Bertz CT molecular complexity index is 539. The molecule has 0 bridgehead atoms. The van der Waals surface area contributed by atoms with Crippen LogP contribution in [0.2, 0.25) is 0 Å². The fourth-order valence-electron chi connectivity index (χ4n) is 1.41. The van der Waals surface area contributed by atoms with E-state index in [1.54, 1.807) is 6.07 Å². The third kappa shape index (κ3) is 5.27. The highest BCUT2D eigenvalue weighted by Crippen LogP contribution is 2.29. The van der Waals surface area contributed by atoms with E-state index in [0.29, 0.717) is 16.3 Å². The van der Waals surface area contributed by atoms with Gasteiger partial charge in [0.1, 0.15) is 12.4 Å². The van der Waals surface area contributed by atoms with Crippen molar-refractivity contribution in [1.82, 2.24) is 0 Å². The average molecular weight is 366 g/mol. The molecule has 0 aromatic heterocycles. The summed E-state index contributed by atoms with van der Waals surface area (Å²) in [6, 6.07) is 3.63. The maximum Gasteiger partial charge on any atom is 0.328 e. The monoisotopic (exact) mass is 364 g/mol. The molecule has 0 aliphatic carbocycles. The van der Waals surface area contributed by atoms with Crippen molar-refractivity contribution in [2.24, 2.45) is 0 Å². The molecule has 102 valence electrons. The van der Waals surface area contributed by atoms with Crippen LogP contribution in [0.25, 0.3) is 6.08 Å². The van der Waals surface area contributed by atoms with Crippen molar-refractivity contribution in [3.8, 4) is 5.75 Å². The van der Waals surface area contributed by atoms with Gasteiger partial charge in [0.25, 0.3) is 0 Å². The van der Waals surface area contributed by atoms with Crippen molar-refractivity contribution in [2.75, 3.05) is 6.61 Å². The molecule has 0 fully saturated rings. The van der Waals surface area contributed by atoms with E-state index in [4.69, 9.17) is 33.0 Å². The van der Waals surface area contributed by atoms with Gasteiger partial charge in [-0.15, -0.1) is 0 Å². The Balaban J connectivity index is 3.09.